The highest BCUT2D eigenvalue weighted by Gasteiger charge is 2.63. The maximum atomic E-state index is 12.3. The standard InChI is InChI=1S/C15H24O3/c1-9-5-6-11-12(7-13(17)18)15(9,10(2)16)8-14(11,3)4/h9,11-12H,5-8H2,1-4H3,(H,17,18)/t9?,11?,12-,15+/m0/s1. The van der Waals surface area contributed by atoms with Crippen molar-refractivity contribution in [2.24, 2.45) is 28.6 Å². The molecule has 2 unspecified atom stereocenters. The summed E-state index contributed by atoms with van der Waals surface area (Å²) in [7, 11) is 0. The molecule has 1 N–H and O–H groups in total. The Hall–Kier alpha value is -0.860. The fourth-order valence-electron chi connectivity index (χ4n) is 4.98. The minimum absolute atomic E-state index is 0.0336. The van der Waals surface area contributed by atoms with E-state index >= 15 is 0 Å². The Morgan fingerprint density at radius 3 is 2.39 bits per heavy atom. The number of carboxylic acids is 1. The van der Waals surface area contributed by atoms with Gasteiger partial charge in [0, 0.05) is 11.8 Å². The molecule has 0 radical (unpaired) electrons. The largest absolute Gasteiger partial charge is 0.481 e. The highest BCUT2D eigenvalue weighted by atomic mass is 16.4. The molecule has 0 spiro atoms. The van der Waals surface area contributed by atoms with Crippen LogP contribution in [0.25, 0.3) is 0 Å². The van der Waals surface area contributed by atoms with Crippen molar-refractivity contribution < 1.29 is 14.7 Å². The van der Waals surface area contributed by atoms with Crippen LogP contribution in [0.1, 0.15) is 53.4 Å². The Balaban J connectivity index is 2.47. The van der Waals surface area contributed by atoms with E-state index in [0.717, 1.165) is 19.3 Å². The molecule has 3 heteroatoms. The molecule has 2 rings (SSSR count). The molecule has 2 aliphatic rings. The molecule has 102 valence electrons. The summed E-state index contributed by atoms with van der Waals surface area (Å²) in [6, 6.07) is 0. The van der Waals surface area contributed by atoms with Gasteiger partial charge in [0.25, 0.3) is 0 Å². The number of carbonyl (C=O) groups is 2. The van der Waals surface area contributed by atoms with E-state index < -0.39 is 5.97 Å². The lowest BCUT2D eigenvalue weighted by Gasteiger charge is -2.44. The van der Waals surface area contributed by atoms with Gasteiger partial charge in [0.1, 0.15) is 5.78 Å². The Kier molecular flexibility index (Phi) is 3.07. The van der Waals surface area contributed by atoms with Crippen molar-refractivity contribution in [2.45, 2.75) is 53.4 Å². The first-order chi connectivity index (χ1) is 8.21. The third-order valence-corrected chi connectivity index (χ3v) is 5.74. The van der Waals surface area contributed by atoms with Crippen LogP contribution in [0.4, 0.5) is 0 Å². The summed E-state index contributed by atoms with van der Waals surface area (Å²) >= 11 is 0. The summed E-state index contributed by atoms with van der Waals surface area (Å²) in [5, 5.41) is 9.17. The first kappa shape index (κ1) is 13.6. The Bertz CT molecular complexity index is 385. The van der Waals surface area contributed by atoms with Crippen LogP contribution < -0.4 is 0 Å². The highest BCUT2D eigenvalue weighted by molar-refractivity contribution is 5.84. The summed E-state index contributed by atoms with van der Waals surface area (Å²) in [6.07, 6.45) is 3.14. The van der Waals surface area contributed by atoms with Gasteiger partial charge >= 0.3 is 5.97 Å². The van der Waals surface area contributed by atoms with Crippen molar-refractivity contribution in [2.75, 3.05) is 0 Å². The number of rotatable bonds is 3. The number of aliphatic carboxylic acids is 1. The zero-order valence-corrected chi connectivity index (χ0v) is 11.8. The van der Waals surface area contributed by atoms with Gasteiger partial charge in [0.2, 0.25) is 0 Å². The molecule has 0 aliphatic heterocycles. The van der Waals surface area contributed by atoms with E-state index in [-0.39, 0.29) is 29.0 Å². The molecule has 0 saturated heterocycles. The Labute approximate surface area is 109 Å². The van der Waals surface area contributed by atoms with Crippen LogP contribution >= 0.6 is 0 Å². The van der Waals surface area contributed by atoms with Gasteiger partial charge in [-0.3, -0.25) is 9.59 Å². The van der Waals surface area contributed by atoms with Crippen molar-refractivity contribution in [3.05, 3.63) is 0 Å². The smallest absolute Gasteiger partial charge is 0.303 e. The van der Waals surface area contributed by atoms with Crippen LogP contribution in [-0.4, -0.2) is 16.9 Å². The molecule has 0 aromatic carbocycles. The lowest BCUT2D eigenvalue weighted by molar-refractivity contribution is -0.144. The molecule has 2 bridgehead atoms. The predicted octanol–water partition coefficient (Wildman–Crippen LogP) is 3.13. The van der Waals surface area contributed by atoms with Gasteiger partial charge in [0.15, 0.2) is 0 Å². The zero-order valence-electron chi connectivity index (χ0n) is 11.8. The molecule has 3 nitrogen and oxygen atoms in total. The number of ketones is 1. The SMILES string of the molecule is CC(=O)[C@@]12CC(C)(C)C(CCC1C)[C@@H]2CC(=O)O. The number of fused-ring (bicyclic) bond motifs is 2. The topological polar surface area (TPSA) is 54.4 Å². The monoisotopic (exact) mass is 252 g/mol. The van der Waals surface area contributed by atoms with Gasteiger partial charge in [-0.2, -0.15) is 0 Å². The zero-order chi connectivity index (χ0) is 13.7. The Morgan fingerprint density at radius 1 is 1.28 bits per heavy atom. The van der Waals surface area contributed by atoms with E-state index in [1.165, 1.54) is 0 Å². The van der Waals surface area contributed by atoms with E-state index in [1.807, 2.05) is 0 Å². The minimum Gasteiger partial charge on any atom is -0.481 e. The van der Waals surface area contributed by atoms with Crippen LogP contribution in [0.5, 0.6) is 0 Å². The molecule has 18 heavy (non-hydrogen) atoms. The number of Topliss-reactive ketones (excluding diaryl/α,β-unsaturated/α-hetero) is 1. The lowest BCUT2D eigenvalue weighted by atomic mass is 9.59. The van der Waals surface area contributed by atoms with Gasteiger partial charge < -0.3 is 5.11 Å². The second-order valence-corrected chi connectivity index (χ2v) is 7.05. The van der Waals surface area contributed by atoms with Crippen molar-refractivity contribution in [1.82, 2.24) is 0 Å². The van der Waals surface area contributed by atoms with Crippen molar-refractivity contribution in [3.63, 3.8) is 0 Å². The average molecular weight is 252 g/mol. The van der Waals surface area contributed by atoms with Gasteiger partial charge in [-0.1, -0.05) is 20.8 Å². The first-order valence-electron chi connectivity index (χ1n) is 6.94. The number of carbonyl (C=O) groups excluding carboxylic acids is 1. The normalized spacial score (nSPS) is 41.7. The van der Waals surface area contributed by atoms with E-state index in [1.54, 1.807) is 6.92 Å². The third-order valence-electron chi connectivity index (χ3n) is 5.74. The first-order valence-corrected chi connectivity index (χ1v) is 6.94. The van der Waals surface area contributed by atoms with Crippen LogP contribution in [-0.2, 0) is 9.59 Å². The summed E-state index contributed by atoms with van der Waals surface area (Å²) < 4.78 is 0. The maximum Gasteiger partial charge on any atom is 0.303 e. The molecule has 2 aliphatic carbocycles. The van der Waals surface area contributed by atoms with Crippen LogP contribution in [0, 0.1) is 28.6 Å². The molecule has 4 atom stereocenters. The quantitative estimate of drug-likeness (QED) is 0.839. The molecular formula is C15H24O3. The van der Waals surface area contributed by atoms with E-state index in [2.05, 4.69) is 20.8 Å². The molecule has 0 aromatic rings. The lowest BCUT2D eigenvalue weighted by Crippen LogP contribution is -2.44. The molecule has 0 heterocycles. The summed E-state index contributed by atoms with van der Waals surface area (Å²) in [5.74, 6) is 0.177. The number of hydrogen-bond donors (Lipinski definition) is 1. The van der Waals surface area contributed by atoms with E-state index in [9.17, 15) is 14.7 Å². The third kappa shape index (κ3) is 1.70. The predicted molar refractivity (Wildman–Crippen MR) is 69.1 cm³/mol. The van der Waals surface area contributed by atoms with Crippen LogP contribution in [0.2, 0.25) is 0 Å². The minimum atomic E-state index is -0.762. The molecule has 0 aromatic heterocycles. The van der Waals surface area contributed by atoms with E-state index in [4.69, 9.17) is 0 Å². The maximum absolute atomic E-state index is 12.3. The summed E-state index contributed by atoms with van der Waals surface area (Å²) in [4.78, 5) is 23.4. The Morgan fingerprint density at radius 2 is 1.89 bits per heavy atom. The summed E-state index contributed by atoms with van der Waals surface area (Å²) in [6.45, 7) is 8.20. The van der Waals surface area contributed by atoms with Gasteiger partial charge in [0.05, 0.1) is 0 Å². The molecule has 2 saturated carbocycles. The summed E-state index contributed by atoms with van der Waals surface area (Å²) in [5.41, 5.74) is -0.290. The van der Waals surface area contributed by atoms with Gasteiger partial charge in [-0.15, -0.1) is 0 Å². The number of carboxylic acid groups (broad SMARTS) is 1. The second kappa shape index (κ2) is 4.07. The van der Waals surface area contributed by atoms with Crippen LogP contribution in [0.15, 0.2) is 0 Å². The molecule has 2 fully saturated rings. The molecular weight excluding hydrogens is 228 g/mol. The fraction of sp³-hybridized carbons (Fsp3) is 0.867. The highest BCUT2D eigenvalue weighted by Crippen LogP contribution is 2.66. The number of hydrogen-bond acceptors (Lipinski definition) is 2. The second-order valence-electron chi connectivity index (χ2n) is 7.05. The van der Waals surface area contributed by atoms with Crippen molar-refractivity contribution in [3.8, 4) is 0 Å². The van der Waals surface area contributed by atoms with Crippen molar-refractivity contribution >= 4 is 11.8 Å². The molecule has 0 amide bonds. The fourth-order valence-corrected chi connectivity index (χ4v) is 4.98. The average Bonchev–Trinajstić information content (AvgIpc) is 2.36. The van der Waals surface area contributed by atoms with Crippen LogP contribution in [0.3, 0.4) is 0 Å². The van der Waals surface area contributed by atoms with E-state index in [0.29, 0.717) is 11.8 Å². The van der Waals surface area contributed by atoms with Gasteiger partial charge in [-0.05, 0) is 49.4 Å². The van der Waals surface area contributed by atoms with Crippen molar-refractivity contribution in [1.29, 1.82) is 0 Å². The van der Waals surface area contributed by atoms with Gasteiger partial charge in [-0.25, -0.2) is 0 Å².